The van der Waals surface area contributed by atoms with Gasteiger partial charge in [0.05, 0.1) is 12.2 Å². The summed E-state index contributed by atoms with van der Waals surface area (Å²) in [6.45, 7) is 8.83. The topological polar surface area (TPSA) is 41.6 Å². The molecule has 112 valence electrons. The van der Waals surface area contributed by atoms with E-state index in [-0.39, 0.29) is 5.91 Å². The van der Waals surface area contributed by atoms with E-state index >= 15 is 0 Å². The zero-order valence-corrected chi connectivity index (χ0v) is 13.0. The van der Waals surface area contributed by atoms with Crippen molar-refractivity contribution in [3.05, 3.63) is 29.3 Å². The highest BCUT2D eigenvalue weighted by Gasteiger charge is 2.17. The number of likely N-dealkylation sites (N-methyl/N-ethyl adjacent to an activating group) is 1. The second-order valence-corrected chi connectivity index (χ2v) is 4.85. The number of benzene rings is 1. The van der Waals surface area contributed by atoms with Gasteiger partial charge >= 0.3 is 0 Å². The number of carbonyl (C=O) groups is 1. The Balaban J connectivity index is 2.96. The number of anilines is 1. The number of amides is 1. The Morgan fingerprint density at radius 3 is 2.70 bits per heavy atom. The predicted molar refractivity (Wildman–Crippen MR) is 83.4 cm³/mol. The summed E-state index contributed by atoms with van der Waals surface area (Å²) in [5.41, 5.74) is 2.76. The number of rotatable bonds is 8. The molecule has 0 aromatic heterocycles. The van der Waals surface area contributed by atoms with Gasteiger partial charge < -0.3 is 15.0 Å². The first-order chi connectivity index (χ1) is 9.63. The van der Waals surface area contributed by atoms with E-state index in [0.29, 0.717) is 19.7 Å². The number of hydrogen-bond acceptors (Lipinski definition) is 3. The van der Waals surface area contributed by atoms with Crippen LogP contribution in [0.2, 0.25) is 0 Å². The molecule has 4 nitrogen and oxygen atoms in total. The fourth-order valence-corrected chi connectivity index (χ4v) is 2.02. The number of methoxy groups -OCH3 is 1. The van der Waals surface area contributed by atoms with Crippen LogP contribution in [0.25, 0.3) is 0 Å². The number of aryl methyl sites for hydroxylation is 1. The largest absolute Gasteiger partial charge is 0.384 e. The van der Waals surface area contributed by atoms with Crippen LogP contribution in [-0.4, -0.2) is 44.2 Å². The van der Waals surface area contributed by atoms with E-state index in [4.69, 9.17) is 4.74 Å². The van der Waals surface area contributed by atoms with Crippen LogP contribution in [0.3, 0.4) is 0 Å². The number of nitrogens with zero attached hydrogens (tertiary/aromatic N) is 1. The van der Waals surface area contributed by atoms with E-state index in [9.17, 15) is 4.79 Å². The molecule has 0 atom stereocenters. The van der Waals surface area contributed by atoms with Crippen LogP contribution in [-0.2, 0) is 4.74 Å². The molecule has 0 saturated carbocycles. The fraction of sp³-hybridized carbons (Fsp3) is 0.562. The molecule has 0 saturated heterocycles. The van der Waals surface area contributed by atoms with E-state index in [0.717, 1.165) is 29.8 Å². The normalized spacial score (nSPS) is 10.4. The minimum atomic E-state index is 0.0619. The van der Waals surface area contributed by atoms with Crippen LogP contribution in [0, 0.1) is 6.92 Å². The highest BCUT2D eigenvalue weighted by Crippen LogP contribution is 2.19. The second-order valence-electron chi connectivity index (χ2n) is 4.85. The Labute approximate surface area is 122 Å². The molecule has 0 fully saturated rings. The molecule has 1 aromatic carbocycles. The molecule has 0 spiro atoms. The average molecular weight is 278 g/mol. The lowest BCUT2D eigenvalue weighted by molar-refractivity contribution is 0.0707. The van der Waals surface area contributed by atoms with Gasteiger partial charge in [0, 0.05) is 32.4 Å². The number of ether oxygens (including phenoxy) is 1. The van der Waals surface area contributed by atoms with Crippen molar-refractivity contribution in [2.45, 2.75) is 27.2 Å². The maximum absolute atomic E-state index is 12.6. The zero-order chi connectivity index (χ0) is 15.0. The molecular weight excluding hydrogens is 252 g/mol. The van der Waals surface area contributed by atoms with Crippen molar-refractivity contribution in [2.75, 3.05) is 38.7 Å². The second kappa shape index (κ2) is 8.59. The van der Waals surface area contributed by atoms with Gasteiger partial charge in [-0.25, -0.2) is 0 Å². The van der Waals surface area contributed by atoms with Crippen LogP contribution >= 0.6 is 0 Å². The van der Waals surface area contributed by atoms with Crippen molar-refractivity contribution in [2.24, 2.45) is 0 Å². The Hall–Kier alpha value is -1.55. The quantitative estimate of drug-likeness (QED) is 0.795. The third kappa shape index (κ3) is 4.53. The van der Waals surface area contributed by atoms with Crippen LogP contribution in [0.1, 0.15) is 36.2 Å². The standard InChI is InChI=1S/C16H26N2O2/c1-5-9-17-15-8-7-13(3)12-14(15)16(19)18(6-2)10-11-20-4/h7-8,12,17H,5-6,9-11H2,1-4H3. The van der Waals surface area contributed by atoms with Crippen molar-refractivity contribution in [1.29, 1.82) is 0 Å². The van der Waals surface area contributed by atoms with Crippen LogP contribution in [0.5, 0.6) is 0 Å². The summed E-state index contributed by atoms with van der Waals surface area (Å²) >= 11 is 0. The molecule has 0 heterocycles. The maximum Gasteiger partial charge on any atom is 0.256 e. The Morgan fingerprint density at radius 1 is 1.35 bits per heavy atom. The summed E-state index contributed by atoms with van der Waals surface area (Å²) in [6, 6.07) is 5.97. The third-order valence-electron chi connectivity index (χ3n) is 3.21. The fourth-order valence-electron chi connectivity index (χ4n) is 2.02. The molecule has 4 heteroatoms. The van der Waals surface area contributed by atoms with Gasteiger partial charge in [-0.2, -0.15) is 0 Å². The smallest absolute Gasteiger partial charge is 0.256 e. The number of nitrogens with one attached hydrogen (secondary N) is 1. The molecule has 1 aromatic rings. The highest BCUT2D eigenvalue weighted by atomic mass is 16.5. The molecule has 20 heavy (non-hydrogen) atoms. The van der Waals surface area contributed by atoms with Crippen LogP contribution in [0.4, 0.5) is 5.69 Å². The zero-order valence-electron chi connectivity index (χ0n) is 13.0. The highest BCUT2D eigenvalue weighted by molar-refractivity contribution is 5.99. The van der Waals surface area contributed by atoms with Gasteiger partial charge in [0.2, 0.25) is 0 Å². The van der Waals surface area contributed by atoms with Crippen LogP contribution in [0.15, 0.2) is 18.2 Å². The summed E-state index contributed by atoms with van der Waals surface area (Å²) in [6.07, 6.45) is 1.03. The monoisotopic (exact) mass is 278 g/mol. The Kier molecular flexibility index (Phi) is 7.09. The van der Waals surface area contributed by atoms with Gasteiger partial charge in [0.1, 0.15) is 0 Å². The van der Waals surface area contributed by atoms with Crippen molar-refractivity contribution < 1.29 is 9.53 Å². The minimum Gasteiger partial charge on any atom is -0.384 e. The number of hydrogen-bond donors (Lipinski definition) is 1. The van der Waals surface area contributed by atoms with E-state index in [1.54, 1.807) is 7.11 Å². The third-order valence-corrected chi connectivity index (χ3v) is 3.21. The predicted octanol–water partition coefficient (Wildman–Crippen LogP) is 2.93. The molecule has 0 aliphatic carbocycles. The molecule has 1 rings (SSSR count). The Bertz CT molecular complexity index is 432. The van der Waals surface area contributed by atoms with Gasteiger partial charge in [0.25, 0.3) is 5.91 Å². The summed E-state index contributed by atoms with van der Waals surface area (Å²) in [5.74, 6) is 0.0619. The van der Waals surface area contributed by atoms with Crippen molar-refractivity contribution in [3.8, 4) is 0 Å². The van der Waals surface area contributed by atoms with E-state index < -0.39 is 0 Å². The molecule has 1 N–H and O–H groups in total. The van der Waals surface area contributed by atoms with Crippen molar-refractivity contribution >= 4 is 11.6 Å². The molecular formula is C16H26N2O2. The lowest BCUT2D eigenvalue weighted by atomic mass is 10.1. The van der Waals surface area contributed by atoms with E-state index in [1.165, 1.54) is 0 Å². The number of carbonyl (C=O) groups excluding carboxylic acids is 1. The van der Waals surface area contributed by atoms with Crippen LogP contribution < -0.4 is 5.32 Å². The molecule has 0 radical (unpaired) electrons. The van der Waals surface area contributed by atoms with Gasteiger partial charge in [-0.3, -0.25) is 4.79 Å². The maximum atomic E-state index is 12.6. The molecule has 0 bridgehead atoms. The first kappa shape index (κ1) is 16.5. The van der Waals surface area contributed by atoms with E-state index in [1.807, 2.05) is 36.9 Å². The first-order valence-corrected chi connectivity index (χ1v) is 7.26. The molecule has 0 aliphatic rings. The summed E-state index contributed by atoms with van der Waals surface area (Å²) < 4.78 is 5.07. The Morgan fingerprint density at radius 2 is 2.10 bits per heavy atom. The van der Waals surface area contributed by atoms with Gasteiger partial charge in [-0.15, -0.1) is 0 Å². The first-order valence-electron chi connectivity index (χ1n) is 7.26. The lowest BCUT2D eigenvalue weighted by Crippen LogP contribution is -2.34. The van der Waals surface area contributed by atoms with Crippen molar-refractivity contribution in [1.82, 2.24) is 4.90 Å². The lowest BCUT2D eigenvalue weighted by Gasteiger charge is -2.22. The van der Waals surface area contributed by atoms with Crippen molar-refractivity contribution in [3.63, 3.8) is 0 Å². The molecule has 0 unspecified atom stereocenters. The molecule has 1 amide bonds. The summed E-state index contributed by atoms with van der Waals surface area (Å²) in [5, 5.41) is 3.33. The summed E-state index contributed by atoms with van der Waals surface area (Å²) in [7, 11) is 1.65. The van der Waals surface area contributed by atoms with Gasteiger partial charge in [-0.05, 0) is 32.4 Å². The SMILES string of the molecule is CCCNc1ccc(C)cc1C(=O)N(CC)CCOC. The van der Waals surface area contributed by atoms with Gasteiger partial charge in [0.15, 0.2) is 0 Å². The molecule has 0 aliphatic heterocycles. The minimum absolute atomic E-state index is 0.0619. The average Bonchev–Trinajstić information content (AvgIpc) is 2.46. The van der Waals surface area contributed by atoms with E-state index in [2.05, 4.69) is 12.2 Å². The summed E-state index contributed by atoms with van der Waals surface area (Å²) in [4.78, 5) is 14.5. The van der Waals surface area contributed by atoms with Gasteiger partial charge in [-0.1, -0.05) is 18.6 Å².